The molecule has 0 bridgehead atoms. The highest BCUT2D eigenvalue weighted by Gasteiger charge is 2.39. The van der Waals surface area contributed by atoms with Crippen LogP contribution < -0.4 is 19.8 Å². The molecule has 1 saturated carbocycles. The zero-order valence-corrected chi connectivity index (χ0v) is 19.2. The first-order valence-electron chi connectivity index (χ1n) is 10.5. The number of amides is 1. The second-order valence-electron chi connectivity index (χ2n) is 8.15. The molecule has 1 amide bonds. The van der Waals surface area contributed by atoms with E-state index in [-0.39, 0.29) is 23.4 Å². The molecule has 0 spiro atoms. The first-order valence-corrected chi connectivity index (χ1v) is 12.0. The zero-order chi connectivity index (χ0) is 22.9. The summed E-state index contributed by atoms with van der Waals surface area (Å²) in [6.07, 6.45) is 4.82. The number of likely N-dealkylation sites (N-methyl/N-ethyl adjacent to an activating group) is 2. The smallest absolute Gasteiger partial charge is 0.249 e. The van der Waals surface area contributed by atoms with Crippen molar-refractivity contribution in [3.63, 3.8) is 0 Å². The molecule has 10 nitrogen and oxygen atoms in total. The van der Waals surface area contributed by atoms with Crippen molar-refractivity contribution in [2.75, 3.05) is 49.5 Å². The number of hydrogen-bond donors (Lipinski definition) is 2. The fourth-order valence-electron chi connectivity index (χ4n) is 3.71. The summed E-state index contributed by atoms with van der Waals surface area (Å²) in [6, 6.07) is 6.12. The highest BCUT2D eigenvalue weighted by atomic mass is 32.2. The van der Waals surface area contributed by atoms with Gasteiger partial charge in [0.1, 0.15) is 11.7 Å². The van der Waals surface area contributed by atoms with Crippen molar-refractivity contribution in [1.82, 2.24) is 14.7 Å². The molecule has 2 heterocycles. The number of benzene rings is 1. The summed E-state index contributed by atoms with van der Waals surface area (Å²) in [5, 5.41) is 3.11. The Hall–Kier alpha value is -2.76. The van der Waals surface area contributed by atoms with Crippen molar-refractivity contribution in [3.8, 4) is 0 Å². The van der Waals surface area contributed by atoms with Crippen molar-refractivity contribution in [2.45, 2.75) is 30.2 Å². The fourth-order valence-corrected chi connectivity index (χ4v) is 4.73. The number of fused-ring (bicyclic) bond motifs is 1. The number of carbonyl (C=O) groups is 1. The third-order valence-electron chi connectivity index (χ3n) is 5.80. The fraction of sp³-hybridized carbons (Fsp3) is 0.476. The molecule has 2 aliphatic rings. The van der Waals surface area contributed by atoms with Gasteiger partial charge in [-0.2, -0.15) is 4.98 Å². The van der Waals surface area contributed by atoms with E-state index in [1.54, 1.807) is 30.3 Å². The van der Waals surface area contributed by atoms with E-state index in [2.05, 4.69) is 20.0 Å². The van der Waals surface area contributed by atoms with Crippen LogP contribution in [-0.2, 0) is 19.6 Å². The van der Waals surface area contributed by atoms with E-state index in [1.807, 2.05) is 11.9 Å². The van der Waals surface area contributed by atoms with Gasteiger partial charge in [0, 0.05) is 33.4 Å². The maximum atomic E-state index is 12.8. The molecular weight excluding hydrogens is 432 g/mol. The van der Waals surface area contributed by atoms with Crippen LogP contribution in [0.2, 0.25) is 0 Å². The van der Waals surface area contributed by atoms with E-state index in [4.69, 9.17) is 4.74 Å². The molecule has 32 heavy (non-hydrogen) atoms. The number of aromatic nitrogens is 2. The van der Waals surface area contributed by atoms with Crippen LogP contribution in [0.3, 0.4) is 0 Å². The van der Waals surface area contributed by atoms with E-state index in [1.165, 1.54) is 32.1 Å². The van der Waals surface area contributed by atoms with Gasteiger partial charge < -0.3 is 19.9 Å². The largest absolute Gasteiger partial charge is 0.383 e. The monoisotopic (exact) mass is 460 g/mol. The Bertz CT molecular complexity index is 1090. The molecule has 11 heteroatoms. The summed E-state index contributed by atoms with van der Waals surface area (Å²) in [5.41, 5.74) is 1.32. The van der Waals surface area contributed by atoms with Crippen LogP contribution in [0, 0.1) is 5.92 Å². The Morgan fingerprint density at radius 1 is 1.19 bits per heavy atom. The maximum absolute atomic E-state index is 12.8. The van der Waals surface area contributed by atoms with Gasteiger partial charge in [0.25, 0.3) is 0 Å². The van der Waals surface area contributed by atoms with Gasteiger partial charge in [-0.05, 0) is 36.6 Å². The predicted molar refractivity (Wildman–Crippen MR) is 122 cm³/mol. The van der Waals surface area contributed by atoms with Gasteiger partial charge in [-0.3, -0.25) is 4.79 Å². The Kier molecular flexibility index (Phi) is 6.31. The number of nitrogens with zero attached hydrogens (tertiary/aromatic N) is 4. The minimum atomic E-state index is -3.60. The van der Waals surface area contributed by atoms with Crippen molar-refractivity contribution < 1.29 is 17.9 Å². The molecule has 1 atom stereocenters. The van der Waals surface area contributed by atoms with E-state index in [9.17, 15) is 13.2 Å². The van der Waals surface area contributed by atoms with Gasteiger partial charge in [-0.25, -0.2) is 18.1 Å². The molecule has 0 radical (unpaired) electrons. The quantitative estimate of drug-likeness (QED) is 0.544. The lowest BCUT2D eigenvalue weighted by Gasteiger charge is -2.38. The van der Waals surface area contributed by atoms with Gasteiger partial charge in [-0.1, -0.05) is 12.8 Å². The molecule has 1 aromatic carbocycles. The Morgan fingerprint density at radius 3 is 2.56 bits per heavy atom. The van der Waals surface area contributed by atoms with Crippen LogP contribution in [0.15, 0.2) is 35.4 Å². The summed E-state index contributed by atoms with van der Waals surface area (Å²) < 4.78 is 31.9. The van der Waals surface area contributed by atoms with Gasteiger partial charge in [0.2, 0.25) is 21.9 Å². The number of methoxy groups -OCH3 is 1. The van der Waals surface area contributed by atoms with Crippen molar-refractivity contribution >= 4 is 39.1 Å². The number of carbonyl (C=O) groups excluding carboxylic acids is 1. The molecular formula is C21H28N6O4S. The number of anilines is 4. The van der Waals surface area contributed by atoms with Gasteiger partial charge in [-0.15, -0.1) is 0 Å². The molecule has 0 saturated heterocycles. The normalized spacial score (nSPS) is 18.6. The molecule has 4 rings (SSSR count). The number of nitrogens with one attached hydrogen (secondary N) is 2. The topological polar surface area (TPSA) is 117 Å². The van der Waals surface area contributed by atoms with Gasteiger partial charge in [0.05, 0.1) is 17.7 Å². The number of hydrogen-bond acceptors (Lipinski definition) is 8. The lowest BCUT2D eigenvalue weighted by molar-refractivity contribution is -0.120. The third-order valence-corrected chi connectivity index (χ3v) is 7.28. The van der Waals surface area contributed by atoms with Crippen LogP contribution in [0.4, 0.5) is 23.1 Å². The minimum absolute atomic E-state index is 0.0621. The molecule has 2 N–H and O–H groups in total. The second-order valence-corrected chi connectivity index (χ2v) is 9.91. The summed E-state index contributed by atoms with van der Waals surface area (Å²) in [6.45, 7) is 0.499. The molecule has 1 aromatic heterocycles. The molecule has 2 aromatic rings. The van der Waals surface area contributed by atoms with Crippen LogP contribution in [-0.4, -0.2) is 64.7 Å². The number of sulfonamides is 1. The summed E-state index contributed by atoms with van der Waals surface area (Å²) >= 11 is 0. The summed E-state index contributed by atoms with van der Waals surface area (Å²) in [7, 11) is 1.56. The Morgan fingerprint density at radius 2 is 1.91 bits per heavy atom. The highest BCUT2D eigenvalue weighted by molar-refractivity contribution is 7.89. The Labute approximate surface area is 188 Å². The third kappa shape index (κ3) is 4.69. The van der Waals surface area contributed by atoms with Crippen LogP contribution in [0.5, 0.6) is 0 Å². The van der Waals surface area contributed by atoms with E-state index >= 15 is 0 Å². The van der Waals surface area contributed by atoms with Crippen LogP contribution in [0.25, 0.3) is 0 Å². The van der Waals surface area contributed by atoms with Gasteiger partial charge in [0.15, 0.2) is 5.82 Å². The molecule has 172 valence electrons. The second kappa shape index (κ2) is 9.00. The minimum Gasteiger partial charge on any atom is -0.383 e. The molecule has 1 aliphatic heterocycles. The maximum Gasteiger partial charge on any atom is 0.249 e. The lowest BCUT2D eigenvalue weighted by atomic mass is 10.0. The predicted octanol–water partition coefficient (Wildman–Crippen LogP) is 1.73. The summed E-state index contributed by atoms with van der Waals surface area (Å²) in [5.74, 6) is 1.74. The Balaban J connectivity index is 1.50. The lowest BCUT2D eigenvalue weighted by Crippen LogP contribution is -2.51. The SMILES string of the molecule is COCCNS(=O)(=O)c1ccc(Nc2ncc3c(n2)N(C)C(CC2CC2)C(=O)N3C)cc1. The van der Waals surface area contributed by atoms with Crippen LogP contribution >= 0.6 is 0 Å². The van der Waals surface area contributed by atoms with E-state index in [0.29, 0.717) is 35.7 Å². The molecule has 1 unspecified atom stereocenters. The number of rotatable bonds is 9. The highest BCUT2D eigenvalue weighted by Crippen LogP contribution is 2.40. The average molecular weight is 461 g/mol. The van der Waals surface area contributed by atoms with E-state index < -0.39 is 10.0 Å². The standard InChI is InChI=1S/C21H28N6O4S/c1-26-17(12-14-4-5-14)20(28)27(2)18-13-22-21(25-19(18)26)24-15-6-8-16(9-7-15)32(29,30)23-10-11-31-3/h6-9,13-14,17,23H,4-5,10-12H2,1-3H3,(H,22,24,25). The first kappa shape index (κ1) is 22.4. The van der Waals surface area contributed by atoms with Crippen molar-refractivity contribution in [1.29, 1.82) is 0 Å². The summed E-state index contributed by atoms with van der Waals surface area (Å²) in [4.78, 5) is 25.5. The van der Waals surface area contributed by atoms with E-state index in [0.717, 1.165) is 6.42 Å². The van der Waals surface area contributed by atoms with Crippen LogP contribution in [0.1, 0.15) is 19.3 Å². The average Bonchev–Trinajstić information content (AvgIpc) is 3.60. The molecule has 1 fully saturated rings. The van der Waals surface area contributed by atoms with Crippen molar-refractivity contribution in [3.05, 3.63) is 30.5 Å². The zero-order valence-electron chi connectivity index (χ0n) is 18.4. The molecule has 1 aliphatic carbocycles. The van der Waals surface area contributed by atoms with Gasteiger partial charge >= 0.3 is 0 Å². The van der Waals surface area contributed by atoms with Crippen molar-refractivity contribution in [2.24, 2.45) is 5.92 Å². The first-order chi connectivity index (χ1) is 15.3. The number of ether oxygens (including phenoxy) is 1.